The lowest BCUT2D eigenvalue weighted by molar-refractivity contribution is 0.101. The zero-order chi connectivity index (χ0) is 13.4. The largest absolute Gasteiger partial charge is 0.303 e. The first-order chi connectivity index (χ1) is 9.16. The highest BCUT2D eigenvalue weighted by atomic mass is 79.9. The molecule has 1 aromatic carbocycles. The number of carbonyl (C=O) groups excluding carboxylic acids is 1. The lowest BCUT2D eigenvalue weighted by atomic mass is 10.0. The highest BCUT2D eigenvalue weighted by Crippen LogP contribution is 2.26. The van der Waals surface area contributed by atoms with Crippen molar-refractivity contribution in [1.82, 2.24) is 9.55 Å². The summed E-state index contributed by atoms with van der Waals surface area (Å²) in [4.78, 5) is 15.9. The number of Topliss-reactive ketones (excluding diaryl/α,β-unsaturated/α-hetero) is 1. The van der Waals surface area contributed by atoms with Gasteiger partial charge in [0.15, 0.2) is 5.78 Å². The van der Waals surface area contributed by atoms with Crippen LogP contribution in [0.1, 0.15) is 41.5 Å². The van der Waals surface area contributed by atoms with Crippen molar-refractivity contribution in [2.75, 3.05) is 0 Å². The van der Waals surface area contributed by atoms with Gasteiger partial charge in [0.2, 0.25) is 0 Å². The van der Waals surface area contributed by atoms with Gasteiger partial charge in [-0.15, -0.1) is 0 Å². The van der Waals surface area contributed by atoms with Gasteiger partial charge in [0.25, 0.3) is 0 Å². The van der Waals surface area contributed by atoms with Crippen molar-refractivity contribution in [2.45, 2.75) is 32.6 Å². The molecule has 0 saturated heterocycles. The molecule has 0 unspecified atom stereocenters. The van der Waals surface area contributed by atoms with Gasteiger partial charge >= 0.3 is 0 Å². The zero-order valence-corrected chi connectivity index (χ0v) is 12.4. The number of benzene rings is 1. The molecule has 0 bridgehead atoms. The standard InChI is InChI=1S/C15H15BrN2O/c1-10(19)12-7-6-11(8-13(12)16)18-9-17-14-4-2-3-5-15(14)18/h6-9H,2-5H2,1H3. The van der Waals surface area contributed by atoms with Crippen LogP contribution in [-0.4, -0.2) is 15.3 Å². The van der Waals surface area contributed by atoms with Crippen LogP contribution in [-0.2, 0) is 12.8 Å². The number of fused-ring (bicyclic) bond motifs is 1. The maximum atomic E-state index is 11.4. The highest BCUT2D eigenvalue weighted by Gasteiger charge is 2.16. The van der Waals surface area contributed by atoms with Gasteiger partial charge in [-0.25, -0.2) is 4.98 Å². The Balaban J connectivity index is 2.05. The Morgan fingerprint density at radius 3 is 2.84 bits per heavy atom. The number of imidazole rings is 1. The minimum absolute atomic E-state index is 0.0751. The molecule has 0 saturated carbocycles. The first kappa shape index (κ1) is 12.6. The molecule has 19 heavy (non-hydrogen) atoms. The average molecular weight is 319 g/mol. The maximum absolute atomic E-state index is 11.4. The van der Waals surface area contributed by atoms with E-state index >= 15 is 0 Å². The number of aromatic nitrogens is 2. The van der Waals surface area contributed by atoms with Crippen LogP contribution in [0.2, 0.25) is 0 Å². The van der Waals surface area contributed by atoms with Gasteiger partial charge < -0.3 is 4.57 Å². The van der Waals surface area contributed by atoms with E-state index in [9.17, 15) is 4.79 Å². The van der Waals surface area contributed by atoms with Gasteiger partial charge in [-0.3, -0.25) is 4.79 Å². The summed E-state index contributed by atoms with van der Waals surface area (Å²) in [7, 11) is 0. The number of rotatable bonds is 2. The third-order valence-corrected chi connectivity index (χ3v) is 4.30. The molecule has 3 rings (SSSR count). The van der Waals surface area contributed by atoms with Crippen LogP contribution in [0.3, 0.4) is 0 Å². The van der Waals surface area contributed by atoms with Crippen LogP contribution in [0, 0.1) is 0 Å². The normalized spacial score (nSPS) is 14.2. The monoisotopic (exact) mass is 318 g/mol. The quantitative estimate of drug-likeness (QED) is 0.791. The second-order valence-electron chi connectivity index (χ2n) is 4.94. The topological polar surface area (TPSA) is 34.9 Å². The number of halogens is 1. The third-order valence-electron chi connectivity index (χ3n) is 3.64. The van der Waals surface area contributed by atoms with Gasteiger partial charge in [0, 0.05) is 21.4 Å². The fourth-order valence-corrected chi connectivity index (χ4v) is 3.28. The Kier molecular flexibility index (Phi) is 3.27. The predicted octanol–water partition coefficient (Wildman–Crippen LogP) is 3.72. The molecule has 0 spiro atoms. The van der Waals surface area contributed by atoms with Crippen molar-refractivity contribution < 1.29 is 4.79 Å². The highest BCUT2D eigenvalue weighted by molar-refractivity contribution is 9.10. The molecule has 1 aliphatic carbocycles. The predicted molar refractivity (Wildman–Crippen MR) is 77.9 cm³/mol. The number of ketones is 1. The number of hydrogen-bond donors (Lipinski definition) is 0. The zero-order valence-electron chi connectivity index (χ0n) is 10.8. The Bertz CT molecular complexity index is 646. The third kappa shape index (κ3) is 2.25. The van der Waals surface area contributed by atoms with E-state index < -0.39 is 0 Å². The molecule has 2 aromatic rings. The van der Waals surface area contributed by atoms with E-state index in [1.807, 2.05) is 24.5 Å². The smallest absolute Gasteiger partial charge is 0.160 e. The average Bonchev–Trinajstić information content (AvgIpc) is 2.82. The van der Waals surface area contributed by atoms with Crippen LogP contribution in [0.15, 0.2) is 29.0 Å². The maximum Gasteiger partial charge on any atom is 0.160 e. The van der Waals surface area contributed by atoms with Crippen molar-refractivity contribution >= 4 is 21.7 Å². The van der Waals surface area contributed by atoms with E-state index in [1.54, 1.807) is 6.92 Å². The Hall–Kier alpha value is -1.42. The summed E-state index contributed by atoms with van der Waals surface area (Å²) in [6.45, 7) is 1.58. The molecule has 3 nitrogen and oxygen atoms in total. The molecule has 1 aliphatic rings. The molecule has 0 radical (unpaired) electrons. The van der Waals surface area contributed by atoms with Crippen LogP contribution < -0.4 is 0 Å². The molecule has 0 atom stereocenters. The number of nitrogens with zero attached hydrogens (tertiary/aromatic N) is 2. The number of carbonyl (C=O) groups is 1. The lowest BCUT2D eigenvalue weighted by Gasteiger charge is -2.14. The van der Waals surface area contributed by atoms with E-state index in [-0.39, 0.29) is 5.78 Å². The summed E-state index contributed by atoms with van der Waals surface area (Å²) < 4.78 is 2.99. The van der Waals surface area contributed by atoms with Crippen LogP contribution in [0.4, 0.5) is 0 Å². The second-order valence-corrected chi connectivity index (χ2v) is 5.79. The summed E-state index contributed by atoms with van der Waals surface area (Å²) in [5.74, 6) is 0.0751. The van der Waals surface area contributed by atoms with Gasteiger partial charge in [-0.05, 0) is 66.7 Å². The molecule has 0 fully saturated rings. The first-order valence-corrected chi connectivity index (χ1v) is 7.32. The van der Waals surface area contributed by atoms with E-state index in [4.69, 9.17) is 0 Å². The fraction of sp³-hybridized carbons (Fsp3) is 0.333. The van der Waals surface area contributed by atoms with Crippen molar-refractivity contribution in [1.29, 1.82) is 0 Å². The molecule has 98 valence electrons. The molecule has 0 aliphatic heterocycles. The number of aryl methyl sites for hydroxylation is 1. The molecule has 4 heteroatoms. The Morgan fingerprint density at radius 1 is 1.32 bits per heavy atom. The fourth-order valence-electron chi connectivity index (χ4n) is 2.63. The van der Waals surface area contributed by atoms with Crippen molar-refractivity contribution in [2.24, 2.45) is 0 Å². The Morgan fingerprint density at radius 2 is 2.11 bits per heavy atom. The summed E-state index contributed by atoms with van der Waals surface area (Å²) in [5.41, 5.74) is 4.32. The van der Waals surface area contributed by atoms with Crippen LogP contribution >= 0.6 is 15.9 Å². The summed E-state index contributed by atoms with van der Waals surface area (Å²) in [5, 5.41) is 0. The number of hydrogen-bond acceptors (Lipinski definition) is 2. The summed E-state index contributed by atoms with van der Waals surface area (Å²) in [6, 6.07) is 5.85. The first-order valence-electron chi connectivity index (χ1n) is 6.53. The van der Waals surface area contributed by atoms with Crippen LogP contribution in [0.5, 0.6) is 0 Å². The van der Waals surface area contributed by atoms with Crippen LogP contribution in [0.25, 0.3) is 5.69 Å². The van der Waals surface area contributed by atoms with E-state index in [0.29, 0.717) is 0 Å². The van der Waals surface area contributed by atoms with Gasteiger partial charge in [0.05, 0.1) is 12.0 Å². The SMILES string of the molecule is CC(=O)c1ccc(-n2cnc3c2CCCC3)cc1Br. The molecule has 0 N–H and O–H groups in total. The van der Waals surface area contributed by atoms with E-state index in [0.717, 1.165) is 28.6 Å². The molecule has 1 heterocycles. The molecule has 0 amide bonds. The summed E-state index contributed by atoms with van der Waals surface area (Å²) in [6.07, 6.45) is 6.52. The lowest BCUT2D eigenvalue weighted by Crippen LogP contribution is -2.07. The van der Waals surface area contributed by atoms with Gasteiger partial charge in [-0.1, -0.05) is 0 Å². The second kappa shape index (κ2) is 4.93. The molecular formula is C15H15BrN2O. The van der Waals surface area contributed by atoms with Gasteiger partial charge in [-0.2, -0.15) is 0 Å². The minimum atomic E-state index is 0.0751. The van der Waals surface area contributed by atoms with Crippen molar-refractivity contribution in [3.05, 3.63) is 46.0 Å². The Labute approximate surface area is 120 Å². The van der Waals surface area contributed by atoms with E-state index in [1.165, 1.54) is 24.2 Å². The van der Waals surface area contributed by atoms with Crippen molar-refractivity contribution in [3.8, 4) is 5.69 Å². The van der Waals surface area contributed by atoms with Crippen molar-refractivity contribution in [3.63, 3.8) is 0 Å². The van der Waals surface area contributed by atoms with Gasteiger partial charge in [0.1, 0.15) is 0 Å². The van der Waals surface area contributed by atoms with E-state index in [2.05, 4.69) is 25.5 Å². The summed E-state index contributed by atoms with van der Waals surface area (Å²) >= 11 is 3.47. The molecule has 1 aromatic heterocycles. The molecular weight excluding hydrogens is 304 g/mol. The minimum Gasteiger partial charge on any atom is -0.303 e.